The van der Waals surface area contributed by atoms with Gasteiger partial charge in [0.05, 0.1) is 5.56 Å². The molecular formula is C14H10BrN2O+. The first-order chi connectivity index (χ1) is 8.75. The van der Waals surface area contributed by atoms with E-state index < -0.39 is 0 Å². The van der Waals surface area contributed by atoms with Crippen molar-refractivity contribution < 1.29 is 9.78 Å². The Labute approximate surface area is 112 Å². The van der Waals surface area contributed by atoms with E-state index in [2.05, 4.69) is 20.9 Å². The van der Waals surface area contributed by atoms with Crippen LogP contribution in [0.2, 0.25) is 0 Å². The van der Waals surface area contributed by atoms with Gasteiger partial charge in [-0.15, -0.1) is 0 Å². The average molecular weight is 302 g/mol. The largest absolute Gasteiger partial charge is 0.346 e. The Hall–Kier alpha value is -1.94. The van der Waals surface area contributed by atoms with Crippen molar-refractivity contribution >= 4 is 32.9 Å². The summed E-state index contributed by atoms with van der Waals surface area (Å²) in [4.78, 5) is 15.4. The van der Waals surface area contributed by atoms with Gasteiger partial charge in [0, 0.05) is 4.47 Å². The summed E-state index contributed by atoms with van der Waals surface area (Å²) in [7, 11) is 0. The molecular weight excluding hydrogens is 292 g/mol. The summed E-state index contributed by atoms with van der Waals surface area (Å²) in [6.45, 7) is 0. The van der Waals surface area contributed by atoms with Gasteiger partial charge < -0.3 is 0 Å². The number of benzene rings is 2. The highest BCUT2D eigenvalue weighted by atomic mass is 79.9. The number of aromatic nitrogens is 2. The molecule has 3 rings (SSSR count). The van der Waals surface area contributed by atoms with E-state index in [-0.39, 0.29) is 5.91 Å². The zero-order valence-electron chi connectivity index (χ0n) is 9.43. The lowest BCUT2D eigenvalue weighted by Gasteiger charge is -1.97. The van der Waals surface area contributed by atoms with Gasteiger partial charge in [-0.05, 0) is 36.4 Å². The van der Waals surface area contributed by atoms with Crippen LogP contribution in [0.25, 0.3) is 11.0 Å². The van der Waals surface area contributed by atoms with Gasteiger partial charge in [-0.1, -0.05) is 28.1 Å². The molecule has 0 fully saturated rings. The van der Waals surface area contributed by atoms with Crippen molar-refractivity contribution in [2.45, 2.75) is 0 Å². The van der Waals surface area contributed by atoms with Gasteiger partial charge in [-0.2, -0.15) is 4.57 Å². The Morgan fingerprint density at radius 3 is 2.56 bits per heavy atom. The molecule has 0 saturated heterocycles. The molecule has 0 aliphatic carbocycles. The van der Waals surface area contributed by atoms with Crippen molar-refractivity contribution in [2.24, 2.45) is 0 Å². The van der Waals surface area contributed by atoms with Crippen molar-refractivity contribution in [2.75, 3.05) is 0 Å². The van der Waals surface area contributed by atoms with E-state index in [0.29, 0.717) is 5.56 Å². The van der Waals surface area contributed by atoms with Crippen molar-refractivity contribution in [3.63, 3.8) is 0 Å². The maximum absolute atomic E-state index is 12.4. The summed E-state index contributed by atoms with van der Waals surface area (Å²) in [6.07, 6.45) is 1.69. The maximum atomic E-state index is 12.4. The van der Waals surface area contributed by atoms with E-state index in [1.165, 1.54) is 0 Å². The molecule has 3 nitrogen and oxygen atoms in total. The number of aromatic amines is 1. The molecule has 1 heterocycles. The topological polar surface area (TPSA) is 36.1 Å². The zero-order chi connectivity index (χ0) is 12.5. The third-order valence-electron chi connectivity index (χ3n) is 2.82. The number of imidazole rings is 1. The van der Waals surface area contributed by atoms with Crippen LogP contribution in [0.1, 0.15) is 10.4 Å². The number of para-hydroxylation sites is 2. The molecule has 4 heteroatoms. The lowest BCUT2D eigenvalue weighted by molar-refractivity contribution is -0.345. The second kappa shape index (κ2) is 4.38. The predicted molar refractivity (Wildman–Crippen MR) is 72.4 cm³/mol. The number of carbonyl (C=O) groups excluding carboxylic acids is 1. The van der Waals surface area contributed by atoms with Crippen LogP contribution in [-0.2, 0) is 0 Å². The summed E-state index contributed by atoms with van der Waals surface area (Å²) in [6, 6.07) is 15.1. The second-order valence-corrected chi connectivity index (χ2v) is 4.89. The maximum Gasteiger partial charge on any atom is 0.346 e. The van der Waals surface area contributed by atoms with Crippen LogP contribution in [-0.4, -0.2) is 10.5 Å². The molecule has 1 N–H and O–H groups in total. The second-order valence-electron chi connectivity index (χ2n) is 3.97. The number of hydrogen-bond acceptors (Lipinski definition) is 1. The van der Waals surface area contributed by atoms with E-state index in [9.17, 15) is 4.79 Å². The van der Waals surface area contributed by atoms with Crippen molar-refractivity contribution in [1.82, 2.24) is 4.57 Å². The Kier molecular flexibility index (Phi) is 2.72. The molecule has 0 unspecified atom stereocenters. The number of nitrogens with one attached hydrogen (secondary N) is 1. The van der Waals surface area contributed by atoms with E-state index in [0.717, 1.165) is 15.5 Å². The first-order valence-electron chi connectivity index (χ1n) is 5.54. The van der Waals surface area contributed by atoms with E-state index >= 15 is 0 Å². The van der Waals surface area contributed by atoms with Gasteiger partial charge in [0.25, 0.3) is 0 Å². The van der Waals surface area contributed by atoms with E-state index in [4.69, 9.17) is 0 Å². The van der Waals surface area contributed by atoms with Gasteiger partial charge in [-0.3, -0.25) is 0 Å². The van der Waals surface area contributed by atoms with E-state index in [1.807, 2.05) is 36.4 Å². The lowest BCUT2D eigenvalue weighted by Crippen LogP contribution is -2.11. The molecule has 1 aromatic heterocycles. The number of carbonyl (C=O) groups is 1. The Morgan fingerprint density at radius 2 is 1.78 bits per heavy atom. The van der Waals surface area contributed by atoms with E-state index in [1.54, 1.807) is 23.0 Å². The van der Waals surface area contributed by atoms with Crippen LogP contribution < -0.4 is 4.98 Å². The van der Waals surface area contributed by atoms with Crippen LogP contribution in [0.15, 0.2) is 59.3 Å². The van der Waals surface area contributed by atoms with Gasteiger partial charge in [0.15, 0.2) is 11.0 Å². The minimum Gasteiger partial charge on any atom is -0.243 e. The summed E-state index contributed by atoms with van der Waals surface area (Å²) < 4.78 is 2.58. The highest BCUT2D eigenvalue weighted by molar-refractivity contribution is 9.10. The summed E-state index contributed by atoms with van der Waals surface area (Å²) in [5.41, 5.74) is 2.49. The third-order valence-corrected chi connectivity index (χ3v) is 3.35. The van der Waals surface area contributed by atoms with Gasteiger partial charge in [-0.25, -0.2) is 9.78 Å². The summed E-state index contributed by atoms with van der Waals surface area (Å²) in [5.74, 6) is -0.0417. The number of halogens is 1. The fraction of sp³-hybridized carbons (Fsp3) is 0. The first kappa shape index (κ1) is 11.2. The van der Waals surface area contributed by atoms with Crippen molar-refractivity contribution in [3.05, 3.63) is 64.9 Å². The fourth-order valence-electron chi connectivity index (χ4n) is 1.91. The first-order valence-corrected chi connectivity index (χ1v) is 6.33. The quantitative estimate of drug-likeness (QED) is 0.681. The van der Waals surface area contributed by atoms with Crippen molar-refractivity contribution in [3.8, 4) is 0 Å². The number of H-pyrrole nitrogens is 1. The molecule has 88 valence electrons. The van der Waals surface area contributed by atoms with Gasteiger partial charge in [0.1, 0.15) is 0 Å². The van der Waals surface area contributed by atoms with Crippen LogP contribution in [0.3, 0.4) is 0 Å². The molecule has 0 aliphatic rings. The van der Waals surface area contributed by atoms with Crippen LogP contribution >= 0.6 is 15.9 Å². The third kappa shape index (κ3) is 1.84. The molecule has 2 aromatic carbocycles. The molecule has 0 bridgehead atoms. The molecule has 3 aromatic rings. The monoisotopic (exact) mass is 301 g/mol. The number of nitrogens with zero attached hydrogens (tertiary/aromatic N) is 1. The van der Waals surface area contributed by atoms with Gasteiger partial charge >= 0.3 is 5.91 Å². The molecule has 0 atom stereocenters. The molecule has 0 aliphatic heterocycles. The number of rotatable bonds is 1. The smallest absolute Gasteiger partial charge is 0.243 e. The predicted octanol–water partition coefficient (Wildman–Crippen LogP) is 2.91. The van der Waals surface area contributed by atoms with Crippen LogP contribution in [0.4, 0.5) is 0 Å². The van der Waals surface area contributed by atoms with Gasteiger partial charge in [0.2, 0.25) is 6.33 Å². The van der Waals surface area contributed by atoms with Crippen LogP contribution in [0.5, 0.6) is 0 Å². The Balaban J connectivity index is 2.09. The normalized spacial score (nSPS) is 10.7. The summed E-state index contributed by atoms with van der Waals surface area (Å²) >= 11 is 3.36. The summed E-state index contributed by atoms with van der Waals surface area (Å²) in [5, 5.41) is 0. The standard InChI is InChI=1S/C14H9BrN2O/c15-11-7-5-10(6-8-11)14(18)17-9-16-12-3-1-2-4-13(12)17/h1-9H/p+1. The minimum atomic E-state index is -0.0417. The Bertz CT molecular complexity index is 716. The highest BCUT2D eigenvalue weighted by Gasteiger charge is 2.18. The Morgan fingerprint density at radius 1 is 1.06 bits per heavy atom. The fourth-order valence-corrected chi connectivity index (χ4v) is 2.17. The molecule has 0 radical (unpaired) electrons. The molecule has 0 spiro atoms. The zero-order valence-corrected chi connectivity index (χ0v) is 11.0. The number of fused-ring (bicyclic) bond motifs is 1. The molecule has 0 amide bonds. The minimum absolute atomic E-state index is 0.0417. The molecule has 18 heavy (non-hydrogen) atoms. The lowest BCUT2D eigenvalue weighted by atomic mass is 10.2. The average Bonchev–Trinajstić information content (AvgIpc) is 2.82. The highest BCUT2D eigenvalue weighted by Crippen LogP contribution is 2.14. The SMILES string of the molecule is O=C(c1ccc(Br)cc1)n1c[nH+]c2ccccc21. The number of hydrogen-bond donors (Lipinski definition) is 0. The van der Waals surface area contributed by atoms with Crippen LogP contribution in [0, 0.1) is 0 Å². The van der Waals surface area contributed by atoms with Crippen molar-refractivity contribution in [1.29, 1.82) is 0 Å². The molecule has 0 saturated carbocycles.